The summed E-state index contributed by atoms with van der Waals surface area (Å²) in [7, 11) is 3.65. The minimum atomic E-state index is -0.253. The predicted molar refractivity (Wildman–Crippen MR) is 90.5 cm³/mol. The molecule has 1 aliphatic heterocycles. The van der Waals surface area contributed by atoms with Gasteiger partial charge in [0.25, 0.3) is 5.91 Å². The summed E-state index contributed by atoms with van der Waals surface area (Å²) in [6.07, 6.45) is 4.90. The third-order valence-corrected chi connectivity index (χ3v) is 4.61. The molecule has 0 bridgehead atoms. The molecule has 0 spiro atoms. The summed E-state index contributed by atoms with van der Waals surface area (Å²) in [5, 5.41) is 15.0. The smallest absolute Gasteiger partial charge is 0.271 e. The zero-order valence-electron chi connectivity index (χ0n) is 14.6. The molecule has 2 amide bonds. The van der Waals surface area contributed by atoms with Crippen LogP contribution < -0.4 is 5.32 Å². The summed E-state index contributed by atoms with van der Waals surface area (Å²) < 4.78 is 1.72. The Morgan fingerprint density at radius 3 is 2.76 bits per heavy atom. The molecule has 8 nitrogen and oxygen atoms in total. The number of aromatic nitrogens is 4. The monoisotopic (exact) mass is 342 g/mol. The number of hydrogen-bond acceptors (Lipinski definition) is 5. The average molecular weight is 342 g/mol. The molecule has 25 heavy (non-hydrogen) atoms. The van der Waals surface area contributed by atoms with Crippen molar-refractivity contribution in [1.82, 2.24) is 30.2 Å². The van der Waals surface area contributed by atoms with Crippen LogP contribution in [0.15, 0.2) is 24.5 Å². The quantitative estimate of drug-likeness (QED) is 0.889. The molecule has 0 unspecified atom stereocenters. The molecule has 2 atom stereocenters. The lowest BCUT2D eigenvalue weighted by molar-refractivity contribution is -0.136. The SMILES string of the molecule is Cc1ccc(C(=O)NC[C@H]2CCC(=O)N(C)[C@@H]2c2cnn(C)c2)nn1. The van der Waals surface area contributed by atoms with Crippen LogP contribution in [0.3, 0.4) is 0 Å². The summed E-state index contributed by atoms with van der Waals surface area (Å²) in [4.78, 5) is 26.1. The van der Waals surface area contributed by atoms with Crippen LogP contribution in [-0.2, 0) is 11.8 Å². The summed E-state index contributed by atoms with van der Waals surface area (Å²) >= 11 is 0. The van der Waals surface area contributed by atoms with Crippen molar-refractivity contribution in [2.75, 3.05) is 13.6 Å². The van der Waals surface area contributed by atoms with E-state index in [0.29, 0.717) is 18.7 Å². The topological polar surface area (TPSA) is 93.0 Å². The second-order valence-corrected chi connectivity index (χ2v) is 6.47. The number of rotatable bonds is 4. The minimum absolute atomic E-state index is 0.0978. The van der Waals surface area contributed by atoms with Gasteiger partial charge in [-0.1, -0.05) is 0 Å². The van der Waals surface area contributed by atoms with Crippen molar-refractivity contribution >= 4 is 11.8 Å². The van der Waals surface area contributed by atoms with Crippen molar-refractivity contribution in [3.63, 3.8) is 0 Å². The highest BCUT2D eigenvalue weighted by molar-refractivity contribution is 5.92. The lowest BCUT2D eigenvalue weighted by Gasteiger charge is -2.38. The molecular weight excluding hydrogens is 320 g/mol. The Labute approximate surface area is 146 Å². The van der Waals surface area contributed by atoms with E-state index in [1.165, 1.54) is 0 Å². The number of aryl methyl sites for hydroxylation is 2. The van der Waals surface area contributed by atoms with Crippen molar-refractivity contribution in [2.24, 2.45) is 13.0 Å². The number of hydrogen-bond donors (Lipinski definition) is 1. The molecule has 1 fully saturated rings. The second kappa shape index (κ2) is 7.00. The summed E-state index contributed by atoms with van der Waals surface area (Å²) in [6.45, 7) is 2.29. The minimum Gasteiger partial charge on any atom is -0.350 e. The van der Waals surface area contributed by atoms with Crippen molar-refractivity contribution in [1.29, 1.82) is 0 Å². The number of amides is 2. The van der Waals surface area contributed by atoms with E-state index in [-0.39, 0.29) is 23.8 Å². The summed E-state index contributed by atoms with van der Waals surface area (Å²) in [5.74, 6) is -0.0212. The Balaban J connectivity index is 1.71. The van der Waals surface area contributed by atoms with Gasteiger partial charge in [-0.05, 0) is 25.5 Å². The highest BCUT2D eigenvalue weighted by atomic mass is 16.2. The first-order chi connectivity index (χ1) is 12.0. The van der Waals surface area contributed by atoms with Crippen LogP contribution in [0, 0.1) is 12.8 Å². The van der Waals surface area contributed by atoms with Gasteiger partial charge in [0, 0.05) is 44.7 Å². The molecule has 0 radical (unpaired) electrons. The second-order valence-electron chi connectivity index (χ2n) is 6.47. The van der Waals surface area contributed by atoms with E-state index < -0.39 is 0 Å². The molecule has 2 aromatic heterocycles. The van der Waals surface area contributed by atoms with Crippen LogP contribution in [0.25, 0.3) is 0 Å². The van der Waals surface area contributed by atoms with E-state index in [0.717, 1.165) is 17.7 Å². The first kappa shape index (κ1) is 17.1. The largest absolute Gasteiger partial charge is 0.350 e. The van der Waals surface area contributed by atoms with Crippen molar-refractivity contribution in [3.8, 4) is 0 Å². The lowest BCUT2D eigenvalue weighted by Crippen LogP contribution is -2.44. The number of likely N-dealkylation sites (tertiary alicyclic amines) is 1. The van der Waals surface area contributed by atoms with E-state index in [4.69, 9.17) is 0 Å². The predicted octanol–water partition coefficient (Wildman–Crippen LogP) is 0.858. The Morgan fingerprint density at radius 1 is 1.32 bits per heavy atom. The zero-order valence-corrected chi connectivity index (χ0v) is 14.6. The Bertz CT molecular complexity index is 770. The molecule has 1 N–H and O–H groups in total. The van der Waals surface area contributed by atoms with Crippen LogP contribution in [-0.4, -0.2) is 50.3 Å². The molecule has 132 valence electrons. The molecule has 3 rings (SSSR count). The van der Waals surface area contributed by atoms with Gasteiger partial charge >= 0.3 is 0 Å². The maximum atomic E-state index is 12.3. The lowest BCUT2D eigenvalue weighted by atomic mass is 9.85. The maximum Gasteiger partial charge on any atom is 0.271 e. The maximum absolute atomic E-state index is 12.3. The van der Waals surface area contributed by atoms with Crippen molar-refractivity contribution in [3.05, 3.63) is 41.5 Å². The van der Waals surface area contributed by atoms with Crippen LogP contribution in [0.5, 0.6) is 0 Å². The van der Waals surface area contributed by atoms with Crippen LogP contribution in [0.4, 0.5) is 0 Å². The molecular formula is C17H22N6O2. The Morgan fingerprint density at radius 2 is 2.12 bits per heavy atom. The van der Waals surface area contributed by atoms with Crippen LogP contribution in [0.2, 0.25) is 0 Å². The van der Waals surface area contributed by atoms with E-state index in [1.807, 2.05) is 20.2 Å². The third kappa shape index (κ3) is 3.67. The van der Waals surface area contributed by atoms with Crippen LogP contribution in [0.1, 0.15) is 40.6 Å². The third-order valence-electron chi connectivity index (χ3n) is 4.61. The van der Waals surface area contributed by atoms with Crippen molar-refractivity contribution in [2.45, 2.75) is 25.8 Å². The van der Waals surface area contributed by atoms with E-state index in [1.54, 1.807) is 35.0 Å². The molecule has 0 saturated carbocycles. The van der Waals surface area contributed by atoms with Gasteiger partial charge in [0.05, 0.1) is 17.9 Å². The molecule has 0 aromatic carbocycles. The van der Waals surface area contributed by atoms with E-state index in [9.17, 15) is 9.59 Å². The fourth-order valence-electron chi connectivity index (χ4n) is 3.25. The van der Waals surface area contributed by atoms with Gasteiger partial charge in [-0.25, -0.2) is 0 Å². The molecule has 8 heteroatoms. The van der Waals surface area contributed by atoms with Gasteiger partial charge in [0.2, 0.25) is 5.91 Å². The zero-order chi connectivity index (χ0) is 18.0. The Kier molecular flexibility index (Phi) is 4.78. The number of nitrogens with zero attached hydrogens (tertiary/aromatic N) is 5. The molecule has 2 aromatic rings. The van der Waals surface area contributed by atoms with Gasteiger partial charge in [0.15, 0.2) is 5.69 Å². The normalized spacial score (nSPS) is 20.6. The fraction of sp³-hybridized carbons (Fsp3) is 0.471. The molecule has 0 aliphatic carbocycles. The van der Waals surface area contributed by atoms with Gasteiger partial charge < -0.3 is 10.2 Å². The first-order valence-electron chi connectivity index (χ1n) is 8.28. The van der Waals surface area contributed by atoms with Gasteiger partial charge in [-0.2, -0.15) is 10.2 Å². The van der Waals surface area contributed by atoms with Crippen molar-refractivity contribution < 1.29 is 9.59 Å². The van der Waals surface area contributed by atoms with Gasteiger partial charge in [-0.15, -0.1) is 5.10 Å². The highest BCUT2D eigenvalue weighted by Gasteiger charge is 2.35. The average Bonchev–Trinajstić information content (AvgIpc) is 3.02. The summed E-state index contributed by atoms with van der Waals surface area (Å²) in [5.41, 5.74) is 2.04. The number of piperidine rings is 1. The number of carbonyl (C=O) groups excluding carboxylic acids is 2. The van der Waals surface area contributed by atoms with E-state index >= 15 is 0 Å². The highest BCUT2D eigenvalue weighted by Crippen LogP contribution is 2.35. The molecule has 1 aliphatic rings. The first-order valence-corrected chi connectivity index (χ1v) is 8.28. The Hall–Kier alpha value is -2.77. The van der Waals surface area contributed by atoms with Crippen LogP contribution >= 0.6 is 0 Å². The van der Waals surface area contributed by atoms with Gasteiger partial charge in [0.1, 0.15) is 0 Å². The molecule has 1 saturated heterocycles. The van der Waals surface area contributed by atoms with E-state index in [2.05, 4.69) is 20.6 Å². The fourth-order valence-corrected chi connectivity index (χ4v) is 3.25. The standard InChI is InChI=1S/C17H22N6O2/c1-11-4-6-14(21-20-11)17(25)18-8-12-5-7-15(24)23(3)16(12)13-9-19-22(2)10-13/h4,6,9-10,12,16H,5,7-8H2,1-3H3,(H,18,25)/t12-,16+/m1/s1. The number of nitrogens with one attached hydrogen (secondary N) is 1. The van der Waals surface area contributed by atoms with Gasteiger partial charge in [-0.3, -0.25) is 14.3 Å². The molecule has 3 heterocycles. The number of carbonyl (C=O) groups is 2. The summed E-state index contributed by atoms with van der Waals surface area (Å²) in [6, 6.07) is 3.32.